The average molecular weight is 400 g/mol. The van der Waals surface area contributed by atoms with E-state index in [1.54, 1.807) is 22.7 Å². The molecular formula is C19H16N2O4S2. The van der Waals surface area contributed by atoms with Gasteiger partial charge in [-0.1, -0.05) is 6.07 Å². The molecule has 1 atom stereocenters. The lowest BCUT2D eigenvalue weighted by Gasteiger charge is -2.35. The monoisotopic (exact) mass is 400 g/mol. The van der Waals surface area contributed by atoms with Crippen LogP contribution < -0.4 is 4.74 Å². The van der Waals surface area contributed by atoms with Crippen LogP contribution in [0.4, 0.5) is 5.69 Å². The fourth-order valence-corrected chi connectivity index (χ4v) is 4.99. The quantitative estimate of drug-likeness (QED) is 0.474. The Hall–Kier alpha value is -2.71. The van der Waals surface area contributed by atoms with Crippen molar-refractivity contribution < 1.29 is 14.5 Å². The number of nitro groups is 1. The van der Waals surface area contributed by atoms with Crippen molar-refractivity contribution in [1.82, 2.24) is 4.90 Å². The van der Waals surface area contributed by atoms with E-state index < -0.39 is 4.92 Å². The van der Waals surface area contributed by atoms with Crippen molar-refractivity contribution in [2.24, 2.45) is 0 Å². The highest BCUT2D eigenvalue weighted by Gasteiger charge is 2.33. The number of carbonyl (C=O) groups is 1. The van der Waals surface area contributed by atoms with Gasteiger partial charge in [0, 0.05) is 28.4 Å². The van der Waals surface area contributed by atoms with Gasteiger partial charge in [-0.25, -0.2) is 0 Å². The third-order valence-corrected chi connectivity index (χ3v) is 6.43. The molecule has 3 heterocycles. The zero-order valence-electron chi connectivity index (χ0n) is 14.2. The molecule has 8 heteroatoms. The van der Waals surface area contributed by atoms with Crippen molar-refractivity contribution >= 4 is 34.3 Å². The van der Waals surface area contributed by atoms with Crippen LogP contribution in [-0.2, 0) is 11.2 Å². The van der Waals surface area contributed by atoms with Gasteiger partial charge in [0.1, 0.15) is 5.75 Å². The second-order valence-corrected chi connectivity index (χ2v) is 8.07. The average Bonchev–Trinajstić information content (AvgIpc) is 3.37. The molecule has 0 saturated carbocycles. The highest BCUT2D eigenvalue weighted by molar-refractivity contribution is 7.10. The van der Waals surface area contributed by atoms with Crippen LogP contribution in [0.3, 0.4) is 0 Å². The SMILES string of the molecule is O=C(COc1ccc([N+](=O)[O-])cc1)N1CCc2sccc2C1c1cccs1. The molecule has 1 aliphatic rings. The summed E-state index contributed by atoms with van der Waals surface area (Å²) in [5.74, 6) is 0.346. The molecule has 0 saturated heterocycles. The first-order valence-electron chi connectivity index (χ1n) is 8.40. The first-order valence-corrected chi connectivity index (χ1v) is 10.2. The van der Waals surface area contributed by atoms with Gasteiger partial charge in [0.2, 0.25) is 0 Å². The van der Waals surface area contributed by atoms with Crippen molar-refractivity contribution in [1.29, 1.82) is 0 Å². The number of thiophene rings is 2. The van der Waals surface area contributed by atoms with Gasteiger partial charge >= 0.3 is 0 Å². The summed E-state index contributed by atoms with van der Waals surface area (Å²) < 4.78 is 5.58. The van der Waals surface area contributed by atoms with Gasteiger partial charge < -0.3 is 9.64 Å². The van der Waals surface area contributed by atoms with Gasteiger partial charge in [0.15, 0.2) is 6.61 Å². The minimum absolute atomic E-state index is 0.00699. The third-order valence-electron chi connectivity index (χ3n) is 4.51. The van der Waals surface area contributed by atoms with Gasteiger partial charge in [-0.05, 0) is 47.0 Å². The topological polar surface area (TPSA) is 72.7 Å². The number of benzene rings is 1. The Balaban J connectivity index is 1.50. The minimum atomic E-state index is -0.466. The number of ether oxygens (including phenoxy) is 1. The molecular weight excluding hydrogens is 384 g/mol. The predicted molar refractivity (Wildman–Crippen MR) is 104 cm³/mol. The Bertz CT molecular complexity index is 951. The summed E-state index contributed by atoms with van der Waals surface area (Å²) in [6.07, 6.45) is 0.845. The minimum Gasteiger partial charge on any atom is -0.484 e. The highest BCUT2D eigenvalue weighted by Crippen LogP contribution is 2.39. The normalized spacial score (nSPS) is 16.0. The van der Waals surface area contributed by atoms with Gasteiger partial charge in [-0.15, -0.1) is 22.7 Å². The van der Waals surface area contributed by atoms with Crippen LogP contribution in [0.25, 0.3) is 0 Å². The van der Waals surface area contributed by atoms with E-state index in [9.17, 15) is 14.9 Å². The maximum atomic E-state index is 12.9. The Morgan fingerprint density at radius 2 is 2.00 bits per heavy atom. The number of fused-ring (bicyclic) bond motifs is 1. The van der Waals surface area contributed by atoms with Crippen LogP contribution in [-0.4, -0.2) is 28.9 Å². The van der Waals surface area contributed by atoms with Crippen LogP contribution >= 0.6 is 22.7 Å². The molecule has 0 spiro atoms. The van der Waals surface area contributed by atoms with Crippen molar-refractivity contribution in [2.45, 2.75) is 12.5 Å². The predicted octanol–water partition coefficient (Wildman–Crippen LogP) is 4.27. The number of amides is 1. The second kappa shape index (κ2) is 7.50. The van der Waals surface area contributed by atoms with E-state index in [4.69, 9.17) is 4.74 Å². The Kier molecular flexibility index (Phi) is 4.91. The molecule has 0 N–H and O–H groups in total. The molecule has 1 unspecified atom stereocenters. The van der Waals surface area contributed by atoms with Crippen molar-refractivity contribution in [2.75, 3.05) is 13.2 Å². The standard InChI is InChI=1S/C19H16N2O4S2/c22-18(12-25-14-5-3-13(4-6-14)21(23)24)20-9-7-16-15(8-11-27-16)19(20)17-2-1-10-26-17/h1-6,8,10-11,19H,7,9,12H2. The highest BCUT2D eigenvalue weighted by atomic mass is 32.1. The summed E-state index contributed by atoms with van der Waals surface area (Å²) in [7, 11) is 0. The molecule has 0 radical (unpaired) electrons. The third kappa shape index (κ3) is 3.58. The molecule has 1 aromatic carbocycles. The number of hydrogen-bond acceptors (Lipinski definition) is 6. The van der Waals surface area contributed by atoms with E-state index in [0.717, 1.165) is 11.3 Å². The van der Waals surface area contributed by atoms with E-state index in [1.807, 2.05) is 16.3 Å². The zero-order valence-corrected chi connectivity index (χ0v) is 15.9. The summed E-state index contributed by atoms with van der Waals surface area (Å²) in [6, 6.07) is 11.8. The van der Waals surface area contributed by atoms with E-state index in [2.05, 4.69) is 17.5 Å². The first-order chi connectivity index (χ1) is 13.1. The van der Waals surface area contributed by atoms with E-state index >= 15 is 0 Å². The fourth-order valence-electron chi connectivity index (χ4n) is 3.23. The number of nitrogens with zero attached hydrogens (tertiary/aromatic N) is 2. The van der Waals surface area contributed by atoms with Gasteiger partial charge in [0.05, 0.1) is 11.0 Å². The number of non-ortho nitro benzene ring substituents is 1. The molecule has 3 aromatic rings. The van der Waals surface area contributed by atoms with E-state index in [-0.39, 0.29) is 24.2 Å². The van der Waals surface area contributed by atoms with Gasteiger partial charge in [-0.2, -0.15) is 0 Å². The molecule has 0 bridgehead atoms. The van der Waals surface area contributed by atoms with Crippen LogP contribution in [0.2, 0.25) is 0 Å². The summed E-state index contributed by atoms with van der Waals surface area (Å²) in [4.78, 5) is 27.5. The molecule has 1 amide bonds. The summed E-state index contributed by atoms with van der Waals surface area (Å²) in [6.45, 7) is 0.553. The Labute approximate surface area is 163 Å². The molecule has 6 nitrogen and oxygen atoms in total. The summed E-state index contributed by atoms with van der Waals surface area (Å²) >= 11 is 3.38. The van der Waals surface area contributed by atoms with Crippen LogP contribution in [0.5, 0.6) is 5.75 Å². The van der Waals surface area contributed by atoms with Crippen molar-refractivity contribution in [3.8, 4) is 5.75 Å². The lowest BCUT2D eigenvalue weighted by molar-refractivity contribution is -0.384. The summed E-state index contributed by atoms with van der Waals surface area (Å²) in [5.41, 5.74) is 1.19. The molecule has 0 aliphatic carbocycles. The number of rotatable bonds is 5. The molecule has 1 aliphatic heterocycles. The smallest absolute Gasteiger partial charge is 0.269 e. The molecule has 0 fully saturated rings. The first kappa shape index (κ1) is 17.7. The molecule has 2 aromatic heterocycles. The van der Waals surface area contributed by atoms with E-state index in [0.29, 0.717) is 12.3 Å². The lowest BCUT2D eigenvalue weighted by atomic mass is 9.98. The van der Waals surface area contributed by atoms with Crippen LogP contribution in [0.15, 0.2) is 53.2 Å². The maximum absolute atomic E-state index is 12.9. The molecule has 27 heavy (non-hydrogen) atoms. The molecule has 4 rings (SSSR count). The van der Waals surface area contributed by atoms with E-state index in [1.165, 1.54) is 34.7 Å². The van der Waals surface area contributed by atoms with Crippen molar-refractivity contribution in [3.63, 3.8) is 0 Å². The zero-order chi connectivity index (χ0) is 18.8. The summed E-state index contributed by atoms with van der Waals surface area (Å²) in [5, 5.41) is 14.8. The number of carbonyl (C=O) groups excluding carboxylic acids is 1. The largest absolute Gasteiger partial charge is 0.484 e. The number of hydrogen-bond donors (Lipinski definition) is 0. The van der Waals surface area contributed by atoms with Gasteiger partial charge in [0.25, 0.3) is 11.6 Å². The fraction of sp³-hybridized carbons (Fsp3) is 0.211. The Morgan fingerprint density at radius 3 is 2.70 bits per heavy atom. The van der Waals surface area contributed by atoms with Crippen molar-refractivity contribution in [3.05, 3.63) is 78.7 Å². The maximum Gasteiger partial charge on any atom is 0.269 e. The Morgan fingerprint density at radius 1 is 1.19 bits per heavy atom. The number of nitro benzene ring substituents is 1. The molecule has 138 valence electrons. The van der Waals surface area contributed by atoms with Crippen LogP contribution in [0.1, 0.15) is 21.4 Å². The lowest BCUT2D eigenvalue weighted by Crippen LogP contribution is -2.42. The van der Waals surface area contributed by atoms with Gasteiger partial charge in [-0.3, -0.25) is 14.9 Å². The second-order valence-electron chi connectivity index (χ2n) is 6.09. The van der Waals surface area contributed by atoms with Crippen LogP contribution in [0, 0.1) is 10.1 Å².